The van der Waals surface area contributed by atoms with Gasteiger partial charge in [0.2, 0.25) is 5.43 Å². The Balaban J connectivity index is 1.67. The van der Waals surface area contributed by atoms with Crippen LogP contribution >= 0.6 is 0 Å². The van der Waals surface area contributed by atoms with E-state index in [4.69, 9.17) is 4.42 Å². The maximum atomic E-state index is 11.4. The van der Waals surface area contributed by atoms with Crippen LogP contribution in [0.3, 0.4) is 0 Å². The minimum atomic E-state index is -0.364. The molecule has 5 nitrogen and oxygen atoms in total. The third-order valence-electron chi connectivity index (χ3n) is 4.55. The average Bonchev–Trinajstić information content (AvgIpc) is 2.44. The summed E-state index contributed by atoms with van der Waals surface area (Å²) in [6, 6.07) is 1.40. The highest BCUT2D eigenvalue weighted by Gasteiger charge is 2.36. The molecule has 1 aromatic heterocycles. The number of rotatable bonds is 2. The molecule has 110 valence electrons. The van der Waals surface area contributed by atoms with Crippen molar-refractivity contribution in [3.63, 3.8) is 0 Å². The Bertz CT molecular complexity index is 515. The van der Waals surface area contributed by atoms with Crippen LogP contribution in [0.2, 0.25) is 0 Å². The molecule has 2 aliphatic rings. The van der Waals surface area contributed by atoms with Gasteiger partial charge < -0.3 is 14.8 Å². The minimum absolute atomic E-state index is 0.319. The lowest BCUT2D eigenvalue weighted by atomic mass is 9.74. The summed E-state index contributed by atoms with van der Waals surface area (Å²) in [6.07, 6.45) is 6.16. The molecule has 0 saturated carbocycles. The molecule has 3 heterocycles. The van der Waals surface area contributed by atoms with E-state index in [1.807, 2.05) is 0 Å². The molecule has 1 unspecified atom stereocenters. The first kappa shape index (κ1) is 13.6. The second-order valence-corrected chi connectivity index (χ2v) is 6.19. The predicted octanol–water partition coefficient (Wildman–Crippen LogP) is 1.31. The molecular weight excluding hydrogens is 256 g/mol. The second kappa shape index (κ2) is 5.58. The van der Waals surface area contributed by atoms with Crippen LogP contribution in [-0.4, -0.2) is 36.2 Å². The first-order valence-electron chi connectivity index (χ1n) is 7.41. The Morgan fingerprint density at radius 3 is 3.00 bits per heavy atom. The van der Waals surface area contributed by atoms with E-state index in [0.717, 1.165) is 32.4 Å². The molecule has 1 spiro atoms. The Kier molecular flexibility index (Phi) is 3.81. The zero-order valence-corrected chi connectivity index (χ0v) is 11.7. The van der Waals surface area contributed by atoms with Gasteiger partial charge in [-0.05, 0) is 44.2 Å². The van der Waals surface area contributed by atoms with Crippen molar-refractivity contribution in [1.82, 2.24) is 10.2 Å². The summed E-state index contributed by atoms with van der Waals surface area (Å²) < 4.78 is 5.31. The van der Waals surface area contributed by atoms with Crippen LogP contribution in [0, 0.1) is 5.41 Å². The summed E-state index contributed by atoms with van der Waals surface area (Å²) in [4.78, 5) is 13.8. The van der Waals surface area contributed by atoms with E-state index in [2.05, 4.69) is 10.2 Å². The van der Waals surface area contributed by atoms with Gasteiger partial charge in [0.1, 0.15) is 12.0 Å². The van der Waals surface area contributed by atoms with Crippen molar-refractivity contribution in [2.75, 3.05) is 26.2 Å². The van der Waals surface area contributed by atoms with Crippen LogP contribution < -0.4 is 10.7 Å². The van der Waals surface area contributed by atoms with Crippen LogP contribution in [0.1, 0.15) is 31.4 Å². The van der Waals surface area contributed by atoms with Crippen molar-refractivity contribution in [3.05, 3.63) is 28.3 Å². The van der Waals surface area contributed by atoms with Gasteiger partial charge >= 0.3 is 0 Å². The van der Waals surface area contributed by atoms with Gasteiger partial charge in [-0.3, -0.25) is 9.69 Å². The molecule has 2 fully saturated rings. The van der Waals surface area contributed by atoms with Gasteiger partial charge in [-0.1, -0.05) is 0 Å². The molecule has 1 aromatic rings. The van der Waals surface area contributed by atoms with Crippen LogP contribution in [0.25, 0.3) is 0 Å². The maximum absolute atomic E-state index is 11.4. The predicted molar refractivity (Wildman–Crippen MR) is 75.7 cm³/mol. The molecular formula is C15H22N2O3. The highest BCUT2D eigenvalue weighted by atomic mass is 16.4. The molecule has 2 N–H and O–H groups in total. The van der Waals surface area contributed by atoms with Crippen molar-refractivity contribution < 1.29 is 9.52 Å². The summed E-state index contributed by atoms with van der Waals surface area (Å²) in [5.41, 5.74) is 0.0329. The summed E-state index contributed by atoms with van der Waals surface area (Å²) >= 11 is 0. The molecule has 5 heteroatoms. The van der Waals surface area contributed by atoms with Crippen molar-refractivity contribution in [2.45, 2.75) is 32.2 Å². The third kappa shape index (κ3) is 2.88. The number of nitrogens with zero attached hydrogens (tertiary/aromatic N) is 1. The maximum Gasteiger partial charge on any atom is 0.226 e. The zero-order chi connectivity index (χ0) is 14.0. The van der Waals surface area contributed by atoms with Crippen molar-refractivity contribution in [2.24, 2.45) is 5.41 Å². The van der Waals surface area contributed by atoms with Crippen LogP contribution in [-0.2, 0) is 6.54 Å². The molecule has 1 atom stereocenters. The molecule has 0 bridgehead atoms. The Morgan fingerprint density at radius 2 is 2.25 bits per heavy atom. The van der Waals surface area contributed by atoms with Gasteiger partial charge in [-0.15, -0.1) is 0 Å². The molecule has 20 heavy (non-hydrogen) atoms. The smallest absolute Gasteiger partial charge is 0.226 e. The summed E-state index contributed by atoms with van der Waals surface area (Å²) in [6.45, 7) is 4.99. The van der Waals surface area contributed by atoms with Crippen molar-refractivity contribution in [3.8, 4) is 5.75 Å². The molecule has 0 amide bonds. The fraction of sp³-hybridized carbons (Fsp3) is 0.667. The Morgan fingerprint density at radius 1 is 1.40 bits per heavy atom. The lowest BCUT2D eigenvalue weighted by Gasteiger charge is -2.45. The van der Waals surface area contributed by atoms with Crippen molar-refractivity contribution in [1.29, 1.82) is 0 Å². The van der Waals surface area contributed by atoms with Gasteiger partial charge in [-0.25, -0.2) is 0 Å². The summed E-state index contributed by atoms with van der Waals surface area (Å²) in [5.74, 6) is 0.314. The van der Waals surface area contributed by atoms with Crippen LogP contribution in [0.15, 0.2) is 21.5 Å². The topological polar surface area (TPSA) is 65.7 Å². The third-order valence-corrected chi connectivity index (χ3v) is 4.55. The number of hydrogen-bond donors (Lipinski definition) is 2. The summed E-state index contributed by atoms with van der Waals surface area (Å²) in [7, 11) is 0. The number of aromatic hydroxyl groups is 1. The first-order chi connectivity index (χ1) is 9.67. The van der Waals surface area contributed by atoms with E-state index in [9.17, 15) is 9.90 Å². The number of likely N-dealkylation sites (tertiary alicyclic amines) is 1. The molecule has 0 radical (unpaired) electrons. The van der Waals surface area contributed by atoms with Crippen molar-refractivity contribution >= 4 is 0 Å². The van der Waals surface area contributed by atoms with E-state index in [1.165, 1.54) is 31.7 Å². The van der Waals surface area contributed by atoms with Gasteiger partial charge in [0.15, 0.2) is 5.75 Å². The molecule has 3 rings (SSSR count). The van der Waals surface area contributed by atoms with Gasteiger partial charge in [0.05, 0.1) is 6.54 Å². The quantitative estimate of drug-likeness (QED) is 0.854. The second-order valence-electron chi connectivity index (χ2n) is 6.19. The van der Waals surface area contributed by atoms with E-state index in [0.29, 0.717) is 17.7 Å². The van der Waals surface area contributed by atoms with E-state index < -0.39 is 0 Å². The number of nitrogens with one attached hydrogen (secondary N) is 1. The lowest BCUT2D eigenvalue weighted by molar-refractivity contribution is 0.0557. The standard InChI is InChI=1S/C15H22N2O3/c18-13-7-12(20-9-14(13)19)8-17-6-2-4-15(11-17)3-1-5-16-10-15/h7,9,16,19H,1-6,8,10-11H2. The summed E-state index contributed by atoms with van der Waals surface area (Å²) in [5, 5.41) is 12.7. The van der Waals surface area contributed by atoms with Gasteiger partial charge in [0, 0.05) is 19.2 Å². The van der Waals surface area contributed by atoms with E-state index >= 15 is 0 Å². The Labute approximate surface area is 118 Å². The average molecular weight is 278 g/mol. The van der Waals surface area contributed by atoms with Gasteiger partial charge in [0.25, 0.3) is 0 Å². The minimum Gasteiger partial charge on any atom is -0.502 e. The van der Waals surface area contributed by atoms with E-state index in [1.54, 1.807) is 0 Å². The fourth-order valence-electron chi connectivity index (χ4n) is 3.57. The normalized spacial score (nSPS) is 27.8. The SMILES string of the molecule is O=c1cc(CN2CCCC3(CCCNC3)C2)occ1O. The fourth-order valence-corrected chi connectivity index (χ4v) is 3.57. The molecule has 2 aliphatic heterocycles. The lowest BCUT2D eigenvalue weighted by Crippen LogP contribution is -2.50. The monoisotopic (exact) mass is 278 g/mol. The van der Waals surface area contributed by atoms with Crippen LogP contribution in [0.5, 0.6) is 5.75 Å². The Hall–Kier alpha value is -1.33. The number of piperidine rings is 2. The highest BCUT2D eigenvalue weighted by molar-refractivity contribution is 5.15. The molecule has 2 saturated heterocycles. The highest BCUT2D eigenvalue weighted by Crippen LogP contribution is 2.36. The van der Waals surface area contributed by atoms with Gasteiger partial charge in [-0.2, -0.15) is 0 Å². The van der Waals surface area contributed by atoms with Crippen LogP contribution in [0.4, 0.5) is 0 Å². The molecule has 0 aliphatic carbocycles. The number of hydrogen-bond acceptors (Lipinski definition) is 5. The van der Waals surface area contributed by atoms with E-state index in [-0.39, 0.29) is 11.2 Å². The largest absolute Gasteiger partial charge is 0.502 e. The molecule has 0 aromatic carbocycles. The zero-order valence-electron chi connectivity index (χ0n) is 11.7. The first-order valence-corrected chi connectivity index (χ1v) is 7.41.